The molecule has 0 saturated heterocycles. The molecule has 1 N–H and O–H groups in total. The Bertz CT molecular complexity index is 934. The molecule has 25 heavy (non-hydrogen) atoms. The van der Waals surface area contributed by atoms with Gasteiger partial charge in [-0.2, -0.15) is 11.3 Å². The largest absolute Gasteiger partial charge is 0.321 e. The summed E-state index contributed by atoms with van der Waals surface area (Å²) in [5, 5.41) is 6.50. The molecule has 124 valence electrons. The highest BCUT2D eigenvalue weighted by molar-refractivity contribution is 7.08. The van der Waals surface area contributed by atoms with Crippen molar-refractivity contribution in [2.75, 3.05) is 16.8 Å². The number of hydrogen-bond acceptors (Lipinski definition) is 3. The number of para-hydroxylation sites is 2. The number of rotatable bonds is 3. The van der Waals surface area contributed by atoms with Gasteiger partial charge in [-0.25, -0.2) is 0 Å². The van der Waals surface area contributed by atoms with Crippen LogP contribution in [0.4, 0.5) is 11.4 Å². The zero-order valence-electron chi connectivity index (χ0n) is 13.4. The minimum atomic E-state index is -0.205. The molecule has 1 aliphatic heterocycles. The number of benzene rings is 2. The van der Waals surface area contributed by atoms with E-state index in [4.69, 9.17) is 0 Å². The quantitative estimate of drug-likeness (QED) is 0.771. The summed E-state index contributed by atoms with van der Waals surface area (Å²) in [6, 6.07) is 16.9. The van der Waals surface area contributed by atoms with Crippen molar-refractivity contribution in [1.82, 2.24) is 0 Å². The number of nitrogens with one attached hydrogen (secondary N) is 1. The molecule has 2 aromatic carbocycles. The van der Waals surface area contributed by atoms with Crippen LogP contribution in [0.3, 0.4) is 0 Å². The molecule has 0 atom stereocenters. The minimum absolute atomic E-state index is 0.0915. The Kier molecular flexibility index (Phi) is 4.07. The molecule has 0 aliphatic carbocycles. The van der Waals surface area contributed by atoms with E-state index >= 15 is 0 Å². The second-order valence-electron chi connectivity index (χ2n) is 5.85. The van der Waals surface area contributed by atoms with Crippen LogP contribution in [0.5, 0.6) is 0 Å². The Morgan fingerprint density at radius 3 is 2.64 bits per heavy atom. The first-order valence-corrected chi connectivity index (χ1v) is 9.00. The number of carbonyl (C=O) groups is 2. The Morgan fingerprint density at radius 1 is 1.00 bits per heavy atom. The van der Waals surface area contributed by atoms with Gasteiger partial charge in [0.2, 0.25) is 0 Å². The van der Waals surface area contributed by atoms with E-state index in [0.29, 0.717) is 23.4 Å². The summed E-state index contributed by atoms with van der Waals surface area (Å²) >= 11 is 1.47. The predicted octanol–water partition coefficient (Wildman–Crippen LogP) is 4.20. The number of hydrogen-bond donors (Lipinski definition) is 1. The molecule has 2 amide bonds. The highest BCUT2D eigenvalue weighted by Gasteiger charge is 2.26. The molecule has 4 nitrogen and oxygen atoms in total. The lowest BCUT2D eigenvalue weighted by atomic mass is 10.1. The summed E-state index contributed by atoms with van der Waals surface area (Å²) in [4.78, 5) is 27.2. The molecular formula is C20H16N2O2S. The van der Waals surface area contributed by atoms with E-state index in [0.717, 1.165) is 12.1 Å². The molecule has 0 saturated carbocycles. The molecule has 2 heterocycles. The highest BCUT2D eigenvalue weighted by Crippen LogP contribution is 2.30. The van der Waals surface area contributed by atoms with Crippen LogP contribution in [0.25, 0.3) is 0 Å². The SMILES string of the molecule is O=C(Nc1ccccc1C(=O)N1CCc2ccccc21)c1ccsc1. The fourth-order valence-corrected chi connectivity index (χ4v) is 3.70. The molecular weight excluding hydrogens is 332 g/mol. The summed E-state index contributed by atoms with van der Waals surface area (Å²) in [6.07, 6.45) is 0.853. The summed E-state index contributed by atoms with van der Waals surface area (Å²) < 4.78 is 0. The van der Waals surface area contributed by atoms with Crippen molar-refractivity contribution in [3.8, 4) is 0 Å². The monoisotopic (exact) mass is 348 g/mol. The molecule has 0 radical (unpaired) electrons. The van der Waals surface area contributed by atoms with Crippen molar-refractivity contribution >= 4 is 34.5 Å². The van der Waals surface area contributed by atoms with Crippen molar-refractivity contribution in [2.24, 2.45) is 0 Å². The zero-order chi connectivity index (χ0) is 17.2. The first-order chi connectivity index (χ1) is 12.2. The third kappa shape index (κ3) is 2.94. The number of thiophene rings is 1. The van der Waals surface area contributed by atoms with Gasteiger partial charge in [-0.1, -0.05) is 30.3 Å². The number of amides is 2. The Labute approximate surface area is 149 Å². The fraction of sp³-hybridized carbons (Fsp3) is 0.100. The molecule has 0 bridgehead atoms. The van der Waals surface area contributed by atoms with Crippen molar-refractivity contribution in [3.63, 3.8) is 0 Å². The van der Waals surface area contributed by atoms with Crippen LogP contribution >= 0.6 is 11.3 Å². The summed E-state index contributed by atoms with van der Waals surface area (Å²) in [7, 11) is 0. The number of carbonyl (C=O) groups excluding carboxylic acids is 2. The molecule has 3 aromatic rings. The number of anilines is 2. The molecule has 0 spiro atoms. The summed E-state index contributed by atoms with van der Waals surface area (Å²) in [5.74, 6) is -0.297. The summed E-state index contributed by atoms with van der Waals surface area (Å²) in [5.41, 5.74) is 3.76. The molecule has 4 rings (SSSR count). The van der Waals surface area contributed by atoms with Crippen LogP contribution in [0, 0.1) is 0 Å². The Balaban J connectivity index is 1.63. The van der Waals surface area contributed by atoms with Crippen LogP contribution in [0.15, 0.2) is 65.4 Å². The highest BCUT2D eigenvalue weighted by atomic mass is 32.1. The standard InChI is InChI=1S/C20H16N2O2S/c23-19(15-10-12-25-13-15)21-17-7-3-2-6-16(17)20(24)22-11-9-14-5-1-4-8-18(14)22/h1-8,10,12-13H,9,11H2,(H,21,23). The van der Waals surface area contributed by atoms with E-state index in [-0.39, 0.29) is 11.8 Å². The second-order valence-corrected chi connectivity index (χ2v) is 6.63. The van der Waals surface area contributed by atoms with Gasteiger partial charge in [0.25, 0.3) is 11.8 Å². The van der Waals surface area contributed by atoms with Crippen molar-refractivity contribution < 1.29 is 9.59 Å². The summed E-state index contributed by atoms with van der Waals surface area (Å²) in [6.45, 7) is 0.658. The van der Waals surface area contributed by atoms with E-state index in [2.05, 4.69) is 5.32 Å². The molecule has 1 aromatic heterocycles. The topological polar surface area (TPSA) is 49.4 Å². The van der Waals surface area contributed by atoms with Gasteiger partial charge in [-0.05, 0) is 41.6 Å². The van der Waals surface area contributed by atoms with Crippen LogP contribution in [0.2, 0.25) is 0 Å². The average molecular weight is 348 g/mol. The smallest absolute Gasteiger partial charge is 0.260 e. The van der Waals surface area contributed by atoms with Gasteiger partial charge in [-0.3, -0.25) is 9.59 Å². The first kappa shape index (κ1) is 15.6. The third-order valence-corrected chi connectivity index (χ3v) is 5.00. The normalized spacial score (nSPS) is 12.7. The average Bonchev–Trinajstić information content (AvgIpc) is 3.31. The van der Waals surface area contributed by atoms with Crippen molar-refractivity contribution in [2.45, 2.75) is 6.42 Å². The van der Waals surface area contributed by atoms with Crippen molar-refractivity contribution in [1.29, 1.82) is 0 Å². The van der Waals surface area contributed by atoms with Crippen LogP contribution in [0.1, 0.15) is 26.3 Å². The van der Waals surface area contributed by atoms with Crippen LogP contribution in [-0.4, -0.2) is 18.4 Å². The lowest BCUT2D eigenvalue weighted by Gasteiger charge is -2.19. The van der Waals surface area contributed by atoms with Gasteiger partial charge in [0.05, 0.1) is 16.8 Å². The maximum Gasteiger partial charge on any atom is 0.260 e. The lowest BCUT2D eigenvalue weighted by Crippen LogP contribution is -2.30. The molecule has 0 unspecified atom stereocenters. The fourth-order valence-electron chi connectivity index (χ4n) is 3.06. The van der Waals surface area contributed by atoms with Crippen LogP contribution < -0.4 is 10.2 Å². The van der Waals surface area contributed by atoms with Gasteiger partial charge in [0.1, 0.15) is 0 Å². The van der Waals surface area contributed by atoms with E-state index in [1.54, 1.807) is 28.5 Å². The van der Waals surface area contributed by atoms with Crippen LogP contribution in [-0.2, 0) is 6.42 Å². The van der Waals surface area contributed by atoms with E-state index in [1.165, 1.54) is 16.9 Å². The maximum atomic E-state index is 13.1. The zero-order valence-corrected chi connectivity index (χ0v) is 14.3. The van der Waals surface area contributed by atoms with Gasteiger partial charge in [0.15, 0.2) is 0 Å². The first-order valence-electron chi connectivity index (χ1n) is 8.06. The van der Waals surface area contributed by atoms with Gasteiger partial charge >= 0.3 is 0 Å². The molecule has 5 heteroatoms. The van der Waals surface area contributed by atoms with Gasteiger partial charge in [-0.15, -0.1) is 0 Å². The minimum Gasteiger partial charge on any atom is -0.321 e. The predicted molar refractivity (Wildman–Crippen MR) is 101 cm³/mol. The van der Waals surface area contributed by atoms with E-state index in [1.807, 2.05) is 41.8 Å². The van der Waals surface area contributed by atoms with Gasteiger partial charge in [0, 0.05) is 17.6 Å². The maximum absolute atomic E-state index is 13.1. The van der Waals surface area contributed by atoms with Crippen molar-refractivity contribution in [3.05, 3.63) is 82.0 Å². The Hall–Kier alpha value is -2.92. The molecule has 0 fully saturated rings. The van der Waals surface area contributed by atoms with E-state index < -0.39 is 0 Å². The Morgan fingerprint density at radius 2 is 1.80 bits per heavy atom. The van der Waals surface area contributed by atoms with E-state index in [9.17, 15) is 9.59 Å². The number of fused-ring (bicyclic) bond motifs is 1. The lowest BCUT2D eigenvalue weighted by molar-refractivity contribution is 0.0990. The van der Waals surface area contributed by atoms with Gasteiger partial charge < -0.3 is 10.2 Å². The number of nitrogens with zero attached hydrogens (tertiary/aromatic N) is 1. The third-order valence-electron chi connectivity index (χ3n) is 4.32. The molecule has 1 aliphatic rings. The second kappa shape index (κ2) is 6.53.